The maximum atomic E-state index is 12.1. The van der Waals surface area contributed by atoms with E-state index < -0.39 is 4.92 Å². The molecule has 150 valence electrons. The van der Waals surface area contributed by atoms with Crippen LogP contribution < -0.4 is 19.5 Å². The molecule has 9 heteroatoms. The Morgan fingerprint density at radius 2 is 2.00 bits per heavy atom. The van der Waals surface area contributed by atoms with Crippen molar-refractivity contribution in [2.75, 3.05) is 20.1 Å². The Morgan fingerprint density at radius 1 is 1.14 bits per heavy atom. The smallest absolute Gasteiger partial charge is 0.270 e. The first-order chi connectivity index (χ1) is 14.1. The average Bonchev–Trinajstić information content (AvgIpc) is 3.19. The Labute approximate surface area is 166 Å². The molecule has 0 spiro atoms. The van der Waals surface area contributed by atoms with E-state index in [1.807, 2.05) is 18.2 Å². The number of ether oxygens (including phenoxy) is 4. The molecule has 0 radical (unpaired) electrons. The molecule has 0 aliphatic carbocycles. The normalized spacial score (nSPS) is 14.3. The van der Waals surface area contributed by atoms with Crippen molar-refractivity contribution in [3.8, 4) is 17.2 Å². The summed E-state index contributed by atoms with van der Waals surface area (Å²) < 4.78 is 21.2. The molecule has 0 aromatic heterocycles. The summed E-state index contributed by atoms with van der Waals surface area (Å²) in [5.41, 5.74) is 1.97. The second-order valence-corrected chi connectivity index (χ2v) is 6.45. The molecule has 0 atom stereocenters. The van der Waals surface area contributed by atoms with E-state index in [1.165, 1.54) is 24.3 Å². The third-order valence-electron chi connectivity index (χ3n) is 4.50. The maximum Gasteiger partial charge on any atom is 0.270 e. The van der Waals surface area contributed by atoms with E-state index >= 15 is 0 Å². The number of fused-ring (bicyclic) bond motifs is 2. The first-order valence-corrected chi connectivity index (χ1v) is 8.96. The Hall–Kier alpha value is -3.59. The van der Waals surface area contributed by atoms with Crippen molar-refractivity contribution in [2.24, 2.45) is 0 Å². The number of nitrogens with one attached hydrogen (secondary N) is 1. The van der Waals surface area contributed by atoms with Crippen LogP contribution in [0.1, 0.15) is 16.7 Å². The van der Waals surface area contributed by atoms with Crippen LogP contribution in [-0.4, -0.2) is 31.0 Å². The molecule has 2 aromatic rings. The van der Waals surface area contributed by atoms with Crippen LogP contribution in [0.25, 0.3) is 6.08 Å². The minimum atomic E-state index is -0.488. The molecule has 0 fully saturated rings. The molecule has 9 nitrogen and oxygen atoms in total. The average molecular weight is 398 g/mol. The summed E-state index contributed by atoms with van der Waals surface area (Å²) in [4.78, 5) is 22.8. The van der Waals surface area contributed by atoms with Gasteiger partial charge in [-0.3, -0.25) is 14.9 Å². The quantitative estimate of drug-likeness (QED) is 0.452. The summed E-state index contributed by atoms with van der Waals surface area (Å²) in [5, 5.41) is 13.9. The molecule has 2 aliphatic heterocycles. The van der Waals surface area contributed by atoms with Gasteiger partial charge in [-0.25, -0.2) is 0 Å². The molecule has 1 amide bonds. The van der Waals surface area contributed by atoms with Gasteiger partial charge < -0.3 is 24.3 Å². The number of hydrogen-bond donors (Lipinski definition) is 1. The molecule has 0 bridgehead atoms. The Bertz CT molecular complexity index is 987. The first kappa shape index (κ1) is 18.8. The van der Waals surface area contributed by atoms with Gasteiger partial charge in [0, 0.05) is 35.9 Å². The van der Waals surface area contributed by atoms with Gasteiger partial charge in [0.2, 0.25) is 12.7 Å². The summed E-state index contributed by atoms with van der Waals surface area (Å²) in [6.45, 7) is 0.935. The van der Waals surface area contributed by atoms with Crippen molar-refractivity contribution in [1.29, 1.82) is 0 Å². The van der Waals surface area contributed by atoms with Crippen LogP contribution in [0.5, 0.6) is 17.2 Å². The fourth-order valence-corrected chi connectivity index (χ4v) is 3.11. The van der Waals surface area contributed by atoms with Gasteiger partial charge in [0.15, 0.2) is 18.3 Å². The molecule has 2 aromatic carbocycles. The number of hydrogen-bond acceptors (Lipinski definition) is 7. The van der Waals surface area contributed by atoms with Crippen LogP contribution in [0.3, 0.4) is 0 Å². The summed E-state index contributed by atoms with van der Waals surface area (Å²) in [5.74, 6) is 1.60. The lowest BCUT2D eigenvalue weighted by Crippen LogP contribution is -2.23. The van der Waals surface area contributed by atoms with E-state index in [2.05, 4.69) is 5.32 Å². The second kappa shape index (κ2) is 8.19. The Morgan fingerprint density at radius 3 is 2.86 bits per heavy atom. The van der Waals surface area contributed by atoms with Gasteiger partial charge in [-0.15, -0.1) is 0 Å². The van der Waals surface area contributed by atoms with Gasteiger partial charge in [-0.2, -0.15) is 0 Å². The van der Waals surface area contributed by atoms with Crippen LogP contribution in [0.15, 0.2) is 36.4 Å². The third kappa shape index (κ3) is 4.30. The fraction of sp³-hybridized carbons (Fsp3) is 0.250. The van der Waals surface area contributed by atoms with E-state index in [-0.39, 0.29) is 31.8 Å². The number of benzene rings is 2. The predicted molar refractivity (Wildman–Crippen MR) is 102 cm³/mol. The van der Waals surface area contributed by atoms with Crippen LogP contribution in [0.4, 0.5) is 5.69 Å². The SMILES string of the molecule is O=C(/C=C/c1cc([N+](=O)[O-])cc2c1OCOC2)NCCc1ccc2c(c1)OCO2. The largest absolute Gasteiger partial charge is 0.467 e. The fourth-order valence-electron chi connectivity index (χ4n) is 3.11. The number of nitro groups is 1. The van der Waals surface area contributed by atoms with Crippen molar-refractivity contribution in [2.45, 2.75) is 13.0 Å². The van der Waals surface area contributed by atoms with Crippen LogP contribution in [-0.2, 0) is 22.6 Å². The Balaban J connectivity index is 1.38. The monoisotopic (exact) mass is 398 g/mol. The maximum absolute atomic E-state index is 12.1. The number of amides is 1. The minimum absolute atomic E-state index is 0.0629. The lowest BCUT2D eigenvalue weighted by Gasteiger charge is -2.19. The molecule has 2 heterocycles. The molecule has 29 heavy (non-hydrogen) atoms. The molecule has 4 rings (SSSR count). The van der Waals surface area contributed by atoms with Gasteiger partial charge in [-0.05, 0) is 30.2 Å². The number of carbonyl (C=O) groups is 1. The minimum Gasteiger partial charge on any atom is -0.467 e. The zero-order valence-electron chi connectivity index (χ0n) is 15.4. The highest BCUT2D eigenvalue weighted by atomic mass is 16.7. The van der Waals surface area contributed by atoms with E-state index in [4.69, 9.17) is 18.9 Å². The van der Waals surface area contributed by atoms with Gasteiger partial charge >= 0.3 is 0 Å². The lowest BCUT2D eigenvalue weighted by molar-refractivity contribution is -0.385. The number of rotatable bonds is 6. The van der Waals surface area contributed by atoms with Crippen molar-refractivity contribution >= 4 is 17.7 Å². The van der Waals surface area contributed by atoms with Gasteiger partial charge in [0.05, 0.1) is 11.5 Å². The molecule has 0 unspecified atom stereocenters. The number of nitro benzene ring substituents is 1. The zero-order chi connectivity index (χ0) is 20.2. The van der Waals surface area contributed by atoms with Crippen LogP contribution in [0, 0.1) is 10.1 Å². The highest BCUT2D eigenvalue weighted by Crippen LogP contribution is 2.34. The van der Waals surface area contributed by atoms with Gasteiger partial charge in [0.1, 0.15) is 5.75 Å². The van der Waals surface area contributed by atoms with Gasteiger partial charge in [-0.1, -0.05) is 6.07 Å². The molecular weight excluding hydrogens is 380 g/mol. The van der Waals surface area contributed by atoms with Crippen molar-refractivity contribution in [3.63, 3.8) is 0 Å². The van der Waals surface area contributed by atoms with Gasteiger partial charge in [0.25, 0.3) is 5.69 Å². The lowest BCUT2D eigenvalue weighted by atomic mass is 10.1. The molecule has 2 aliphatic rings. The van der Waals surface area contributed by atoms with Crippen molar-refractivity contribution < 1.29 is 28.7 Å². The highest BCUT2D eigenvalue weighted by molar-refractivity contribution is 5.92. The second-order valence-electron chi connectivity index (χ2n) is 6.45. The number of non-ortho nitro benzene ring substituents is 1. The predicted octanol–water partition coefficient (Wildman–Crippen LogP) is 2.56. The van der Waals surface area contributed by atoms with E-state index in [0.29, 0.717) is 41.3 Å². The first-order valence-electron chi connectivity index (χ1n) is 8.96. The highest BCUT2D eigenvalue weighted by Gasteiger charge is 2.20. The summed E-state index contributed by atoms with van der Waals surface area (Å²) in [6.07, 6.45) is 3.47. The van der Waals surface area contributed by atoms with E-state index in [9.17, 15) is 14.9 Å². The van der Waals surface area contributed by atoms with Crippen LogP contribution in [0.2, 0.25) is 0 Å². The third-order valence-corrected chi connectivity index (χ3v) is 4.50. The summed E-state index contributed by atoms with van der Waals surface area (Å²) in [7, 11) is 0. The van der Waals surface area contributed by atoms with Crippen molar-refractivity contribution in [1.82, 2.24) is 5.32 Å². The summed E-state index contributed by atoms with van der Waals surface area (Å²) >= 11 is 0. The van der Waals surface area contributed by atoms with E-state index in [0.717, 1.165) is 5.56 Å². The Kier molecular flexibility index (Phi) is 5.30. The topological polar surface area (TPSA) is 109 Å². The van der Waals surface area contributed by atoms with Crippen LogP contribution >= 0.6 is 0 Å². The summed E-state index contributed by atoms with van der Waals surface area (Å²) in [6, 6.07) is 8.44. The molecule has 0 saturated heterocycles. The molecule has 0 saturated carbocycles. The number of nitrogens with zero attached hydrogens (tertiary/aromatic N) is 1. The standard InChI is InChI=1S/C20H18N2O7/c23-19(21-6-5-13-1-3-17-18(7-13)28-12-27-17)4-2-14-8-16(22(24)25)9-15-10-26-11-29-20(14)15/h1-4,7-9H,5-6,10-12H2,(H,21,23)/b4-2+. The van der Waals surface area contributed by atoms with Crippen molar-refractivity contribution in [3.05, 3.63) is 63.2 Å². The zero-order valence-corrected chi connectivity index (χ0v) is 15.4. The van der Waals surface area contributed by atoms with E-state index in [1.54, 1.807) is 0 Å². The molecular formula is C20H18N2O7. The number of carbonyl (C=O) groups excluding carboxylic acids is 1. The molecule has 1 N–H and O–H groups in total.